The highest BCUT2D eigenvalue weighted by atomic mass is 32.2. The molecular formula is C22H19N7OS2. The lowest BCUT2D eigenvalue weighted by Gasteiger charge is -2.10. The summed E-state index contributed by atoms with van der Waals surface area (Å²) in [6.45, 7) is 0. The molecule has 10 heteroatoms. The third-order valence-corrected chi connectivity index (χ3v) is 7.70. The van der Waals surface area contributed by atoms with Crippen molar-refractivity contribution < 1.29 is 0 Å². The Labute approximate surface area is 190 Å². The number of anilines is 1. The number of fused-ring (bicyclic) bond motifs is 4. The minimum Gasteiger partial charge on any atom is -0.383 e. The Morgan fingerprint density at radius 1 is 1.12 bits per heavy atom. The van der Waals surface area contributed by atoms with Crippen LogP contribution in [0.2, 0.25) is 0 Å². The number of nitrogen functional groups attached to an aromatic ring is 1. The van der Waals surface area contributed by atoms with Crippen LogP contribution in [0.1, 0.15) is 29.1 Å². The summed E-state index contributed by atoms with van der Waals surface area (Å²) in [5.41, 5.74) is 8.80. The lowest BCUT2D eigenvalue weighted by Crippen LogP contribution is -2.10. The smallest absolute Gasteiger partial charge is 0.262 e. The van der Waals surface area contributed by atoms with Gasteiger partial charge in [0.25, 0.3) is 5.56 Å². The molecule has 0 bridgehead atoms. The molecule has 0 aliphatic heterocycles. The number of aryl methyl sites for hydroxylation is 2. The topological polar surface area (TPSA) is 115 Å². The third-order valence-electron chi connectivity index (χ3n) is 5.64. The summed E-state index contributed by atoms with van der Waals surface area (Å²) in [7, 11) is 0. The van der Waals surface area contributed by atoms with Gasteiger partial charge in [-0.05, 0) is 43.4 Å². The van der Waals surface area contributed by atoms with Crippen LogP contribution < -0.4 is 11.3 Å². The highest BCUT2D eigenvalue weighted by Crippen LogP contribution is 2.38. The first-order valence-corrected chi connectivity index (χ1v) is 12.2. The van der Waals surface area contributed by atoms with Crippen LogP contribution in [0.4, 0.5) is 5.82 Å². The van der Waals surface area contributed by atoms with Gasteiger partial charge in [0.2, 0.25) is 0 Å². The van der Waals surface area contributed by atoms with Crippen LogP contribution in [0.25, 0.3) is 26.9 Å². The predicted octanol–water partition coefficient (Wildman–Crippen LogP) is 3.87. The number of nitrogens with zero attached hydrogens (tertiary/aromatic N) is 5. The number of thiophene rings is 1. The molecule has 5 aromatic rings. The molecule has 3 N–H and O–H groups in total. The molecular weight excluding hydrogens is 442 g/mol. The fourth-order valence-electron chi connectivity index (χ4n) is 4.15. The molecule has 0 amide bonds. The lowest BCUT2D eigenvalue weighted by molar-refractivity contribution is 0.700. The van der Waals surface area contributed by atoms with Crippen LogP contribution in [0.5, 0.6) is 0 Å². The van der Waals surface area contributed by atoms with Gasteiger partial charge in [-0.2, -0.15) is 5.10 Å². The van der Waals surface area contributed by atoms with E-state index in [1.165, 1.54) is 35.0 Å². The Morgan fingerprint density at radius 3 is 2.84 bits per heavy atom. The van der Waals surface area contributed by atoms with Crippen molar-refractivity contribution in [3.05, 3.63) is 63.1 Å². The number of H-pyrrole nitrogens is 1. The zero-order chi connectivity index (χ0) is 21.7. The Bertz CT molecular complexity index is 1520. The van der Waals surface area contributed by atoms with E-state index in [0.29, 0.717) is 33.6 Å². The molecule has 6 rings (SSSR count). The Kier molecular flexibility index (Phi) is 4.69. The molecule has 1 aromatic carbocycles. The van der Waals surface area contributed by atoms with Gasteiger partial charge in [-0.15, -0.1) is 11.3 Å². The highest BCUT2D eigenvalue weighted by molar-refractivity contribution is 7.98. The van der Waals surface area contributed by atoms with Crippen molar-refractivity contribution >= 4 is 50.2 Å². The second-order valence-corrected chi connectivity index (χ2v) is 9.75. The fourth-order valence-corrected chi connectivity index (χ4v) is 6.15. The van der Waals surface area contributed by atoms with Crippen LogP contribution >= 0.6 is 23.1 Å². The van der Waals surface area contributed by atoms with E-state index < -0.39 is 0 Å². The lowest BCUT2D eigenvalue weighted by atomic mass is 9.97. The minimum absolute atomic E-state index is 0.221. The maximum Gasteiger partial charge on any atom is 0.262 e. The van der Waals surface area contributed by atoms with E-state index >= 15 is 0 Å². The summed E-state index contributed by atoms with van der Waals surface area (Å²) in [4.78, 5) is 31.7. The first-order valence-electron chi connectivity index (χ1n) is 10.4. The maximum atomic E-state index is 12.6. The summed E-state index contributed by atoms with van der Waals surface area (Å²) >= 11 is 3.11. The third kappa shape index (κ3) is 3.26. The Hall–Kier alpha value is -3.24. The average Bonchev–Trinajstić information content (AvgIpc) is 3.40. The minimum atomic E-state index is -0.221. The zero-order valence-electron chi connectivity index (χ0n) is 17.0. The van der Waals surface area contributed by atoms with E-state index in [9.17, 15) is 4.79 Å². The quantitative estimate of drug-likeness (QED) is 0.308. The van der Waals surface area contributed by atoms with Crippen molar-refractivity contribution in [2.75, 3.05) is 5.73 Å². The van der Waals surface area contributed by atoms with E-state index in [2.05, 4.69) is 20.1 Å². The van der Waals surface area contributed by atoms with Crippen molar-refractivity contribution in [1.82, 2.24) is 29.7 Å². The summed E-state index contributed by atoms with van der Waals surface area (Å²) in [5.74, 6) is 1.64. The number of nitrogens with one attached hydrogen (secondary N) is 1. The molecule has 0 saturated carbocycles. The average molecular weight is 462 g/mol. The van der Waals surface area contributed by atoms with Gasteiger partial charge in [-0.25, -0.2) is 19.6 Å². The molecule has 0 spiro atoms. The van der Waals surface area contributed by atoms with Crippen molar-refractivity contribution in [3.8, 4) is 5.69 Å². The van der Waals surface area contributed by atoms with E-state index in [1.54, 1.807) is 22.2 Å². The molecule has 160 valence electrons. The van der Waals surface area contributed by atoms with Crippen LogP contribution in [0.15, 0.2) is 46.5 Å². The predicted molar refractivity (Wildman–Crippen MR) is 128 cm³/mol. The van der Waals surface area contributed by atoms with Crippen LogP contribution in [-0.4, -0.2) is 29.7 Å². The molecule has 32 heavy (non-hydrogen) atoms. The van der Waals surface area contributed by atoms with Gasteiger partial charge in [0.05, 0.1) is 23.0 Å². The Morgan fingerprint density at radius 2 is 1.97 bits per heavy atom. The molecule has 1 aliphatic rings. The summed E-state index contributed by atoms with van der Waals surface area (Å²) in [6.07, 6.45) is 6.10. The number of benzene rings is 1. The van der Waals surface area contributed by atoms with Crippen LogP contribution in [0, 0.1) is 0 Å². The molecule has 1 aliphatic carbocycles. The molecule has 0 atom stereocenters. The molecule has 0 fully saturated rings. The summed E-state index contributed by atoms with van der Waals surface area (Å²) < 4.78 is 1.67. The Balaban J connectivity index is 1.33. The maximum absolute atomic E-state index is 12.6. The van der Waals surface area contributed by atoms with Crippen molar-refractivity contribution in [1.29, 1.82) is 0 Å². The number of nitrogens with two attached hydrogens (primary N) is 1. The number of hydrogen-bond donors (Lipinski definition) is 2. The number of aromatic nitrogens is 6. The molecule has 4 aromatic heterocycles. The normalized spacial score (nSPS) is 13.6. The van der Waals surface area contributed by atoms with Gasteiger partial charge in [0.1, 0.15) is 21.9 Å². The molecule has 0 unspecified atom stereocenters. The largest absolute Gasteiger partial charge is 0.383 e. The number of para-hydroxylation sites is 1. The van der Waals surface area contributed by atoms with E-state index in [1.807, 2.05) is 30.3 Å². The van der Waals surface area contributed by atoms with E-state index in [0.717, 1.165) is 28.7 Å². The highest BCUT2D eigenvalue weighted by Gasteiger charge is 2.20. The van der Waals surface area contributed by atoms with Crippen molar-refractivity contribution in [2.24, 2.45) is 0 Å². The number of rotatable bonds is 4. The van der Waals surface area contributed by atoms with Crippen LogP contribution in [0.3, 0.4) is 0 Å². The summed E-state index contributed by atoms with van der Waals surface area (Å²) in [5, 5.41) is 6.32. The molecule has 0 radical (unpaired) electrons. The van der Waals surface area contributed by atoms with Gasteiger partial charge >= 0.3 is 0 Å². The molecule has 8 nitrogen and oxygen atoms in total. The van der Waals surface area contributed by atoms with Gasteiger partial charge < -0.3 is 10.7 Å². The SMILES string of the molecule is Nc1nc(CSc2nc3c(cnn3-c3ccccc3)c(=O)[nH]2)nc2sc3c(c12)CCCC3. The second kappa shape index (κ2) is 7.72. The van der Waals surface area contributed by atoms with Gasteiger partial charge in [0, 0.05) is 4.88 Å². The zero-order valence-corrected chi connectivity index (χ0v) is 18.7. The molecule has 0 saturated heterocycles. The fraction of sp³-hybridized carbons (Fsp3) is 0.227. The van der Waals surface area contributed by atoms with Gasteiger partial charge in [-0.1, -0.05) is 30.0 Å². The summed E-state index contributed by atoms with van der Waals surface area (Å²) in [6, 6.07) is 9.63. The van der Waals surface area contributed by atoms with Gasteiger partial charge in [0.15, 0.2) is 10.8 Å². The van der Waals surface area contributed by atoms with Crippen LogP contribution in [-0.2, 0) is 18.6 Å². The second-order valence-electron chi connectivity index (χ2n) is 7.71. The number of thioether (sulfide) groups is 1. The first-order chi connectivity index (χ1) is 15.7. The van der Waals surface area contributed by atoms with E-state index in [-0.39, 0.29) is 5.56 Å². The standard InChI is InChI=1S/C22H19N7OS2/c23-18-17-13-8-4-5-9-15(13)32-21(17)26-16(25-18)11-31-22-27-19-14(20(30)28-22)10-24-29(19)12-6-2-1-3-7-12/h1-3,6-7,10H,4-5,8-9,11H2,(H2,23,25,26)(H,27,28,30). The molecule has 4 heterocycles. The number of aromatic amines is 1. The van der Waals surface area contributed by atoms with E-state index in [4.69, 9.17) is 10.7 Å². The van der Waals surface area contributed by atoms with Gasteiger partial charge in [-0.3, -0.25) is 4.79 Å². The monoisotopic (exact) mass is 461 g/mol. The number of hydrogen-bond acceptors (Lipinski definition) is 8. The first kappa shape index (κ1) is 19.4. The van der Waals surface area contributed by atoms with Crippen molar-refractivity contribution in [2.45, 2.75) is 36.6 Å². The van der Waals surface area contributed by atoms with Crippen molar-refractivity contribution in [3.63, 3.8) is 0 Å².